The van der Waals surface area contributed by atoms with E-state index in [0.717, 1.165) is 54.2 Å². The van der Waals surface area contributed by atoms with Gasteiger partial charge >= 0.3 is 0 Å². The van der Waals surface area contributed by atoms with Gasteiger partial charge in [-0.2, -0.15) is 5.26 Å². The molecule has 6 rings (SSSR count). The highest BCUT2D eigenvalue weighted by Crippen LogP contribution is 2.37. The molecule has 1 aromatic heterocycles. The molecule has 224 valence electrons. The Bertz CT molecular complexity index is 1890. The van der Waals surface area contributed by atoms with Crippen LogP contribution in [0.5, 0.6) is 0 Å². The van der Waals surface area contributed by atoms with Crippen LogP contribution in [0, 0.1) is 18.3 Å². The maximum atomic E-state index is 13.4. The Hall–Kier alpha value is -4.37. The van der Waals surface area contributed by atoms with Crippen molar-refractivity contribution in [1.82, 2.24) is 15.2 Å². The molecule has 2 aliphatic rings. The zero-order valence-corrected chi connectivity index (χ0v) is 25.8. The van der Waals surface area contributed by atoms with Crippen molar-refractivity contribution in [3.8, 4) is 16.6 Å². The van der Waals surface area contributed by atoms with Crippen LogP contribution in [-0.2, 0) is 22.8 Å². The molecule has 0 radical (unpaired) electrons. The lowest BCUT2D eigenvalue weighted by Gasteiger charge is -2.18. The number of hydrogen-bond acceptors (Lipinski definition) is 8. The number of aryl methyl sites for hydroxylation is 1. The third-order valence-electron chi connectivity index (χ3n) is 8.22. The van der Waals surface area contributed by atoms with Crippen molar-refractivity contribution in [2.75, 3.05) is 18.4 Å². The number of fused-ring (bicyclic) bond motifs is 2. The summed E-state index contributed by atoms with van der Waals surface area (Å²) in [7, 11) is -3.96. The number of hydrogen-bond donors (Lipinski definition) is 2. The summed E-state index contributed by atoms with van der Waals surface area (Å²) in [6, 6.07) is 19.7. The SMILES string of the molecule is Cc1c(C(=O)NCc2cnc(-c3ccc(CCCN4CCCC4C#N)cc3)s2)ccc2c1NC(=O)c1ccccc1S2(=O)=O. The summed E-state index contributed by atoms with van der Waals surface area (Å²) in [6.45, 7) is 3.83. The van der Waals surface area contributed by atoms with Gasteiger partial charge in [0.2, 0.25) is 9.84 Å². The molecular formula is C33H31N5O4S2. The Balaban J connectivity index is 1.09. The molecule has 9 nitrogen and oxygen atoms in total. The molecule has 2 aliphatic heterocycles. The van der Waals surface area contributed by atoms with Gasteiger partial charge in [0.1, 0.15) is 5.01 Å². The highest BCUT2D eigenvalue weighted by atomic mass is 32.2. The number of amides is 2. The van der Waals surface area contributed by atoms with E-state index in [9.17, 15) is 23.3 Å². The van der Waals surface area contributed by atoms with Crippen LogP contribution < -0.4 is 10.6 Å². The Kier molecular flexibility index (Phi) is 8.31. The fourth-order valence-corrected chi connectivity index (χ4v) is 8.35. The third kappa shape index (κ3) is 5.76. The van der Waals surface area contributed by atoms with Crippen LogP contribution in [0.4, 0.5) is 5.69 Å². The van der Waals surface area contributed by atoms with Crippen molar-refractivity contribution >= 4 is 38.7 Å². The number of sulfone groups is 1. The topological polar surface area (TPSA) is 132 Å². The minimum atomic E-state index is -3.96. The monoisotopic (exact) mass is 625 g/mol. The fourth-order valence-electron chi connectivity index (χ4n) is 5.83. The van der Waals surface area contributed by atoms with E-state index < -0.39 is 15.7 Å². The Morgan fingerprint density at radius 2 is 1.93 bits per heavy atom. The number of thiazole rings is 1. The smallest absolute Gasteiger partial charge is 0.257 e. The normalized spacial score (nSPS) is 17.2. The Morgan fingerprint density at radius 3 is 2.73 bits per heavy atom. The molecule has 1 unspecified atom stereocenters. The van der Waals surface area contributed by atoms with E-state index in [1.54, 1.807) is 25.3 Å². The summed E-state index contributed by atoms with van der Waals surface area (Å²) < 4.78 is 26.7. The van der Waals surface area contributed by atoms with Crippen molar-refractivity contribution in [3.63, 3.8) is 0 Å². The molecule has 0 saturated carbocycles. The van der Waals surface area contributed by atoms with Gasteiger partial charge in [-0.1, -0.05) is 36.4 Å². The number of benzene rings is 3. The van der Waals surface area contributed by atoms with Crippen LogP contribution in [0.25, 0.3) is 10.6 Å². The van der Waals surface area contributed by atoms with E-state index >= 15 is 0 Å². The fraction of sp³-hybridized carbons (Fsp3) is 0.273. The number of likely N-dealkylation sites (tertiary alicyclic amines) is 1. The second kappa shape index (κ2) is 12.3. The summed E-state index contributed by atoms with van der Waals surface area (Å²) in [5.74, 6) is -0.919. The number of anilines is 1. The minimum absolute atomic E-state index is 0.0396. The molecule has 4 aromatic rings. The second-order valence-electron chi connectivity index (χ2n) is 11.0. The molecule has 1 atom stereocenters. The largest absolute Gasteiger partial charge is 0.347 e. The average molecular weight is 626 g/mol. The summed E-state index contributed by atoms with van der Waals surface area (Å²) in [6.07, 6.45) is 5.78. The quantitative estimate of drug-likeness (QED) is 0.269. The van der Waals surface area contributed by atoms with Gasteiger partial charge in [0.25, 0.3) is 11.8 Å². The van der Waals surface area contributed by atoms with E-state index in [0.29, 0.717) is 5.56 Å². The first-order chi connectivity index (χ1) is 21.3. The predicted molar refractivity (Wildman–Crippen MR) is 168 cm³/mol. The molecular weight excluding hydrogens is 595 g/mol. The molecule has 0 spiro atoms. The standard InChI is InChI=1S/C33H31N5O4S2/c1-21-26(14-15-29-30(21)37-32(40)27-8-2-3-9-28(27)44(29,41)42)31(39)35-19-25-20-36-33(43-25)23-12-10-22(11-13-23)6-4-16-38-17-5-7-24(38)18-34/h2-3,8-15,20,24H,4-7,16-17,19H2,1H3,(H,35,39)(H,37,40). The molecule has 0 bridgehead atoms. The molecule has 1 saturated heterocycles. The predicted octanol–water partition coefficient (Wildman–Crippen LogP) is 5.37. The molecule has 2 N–H and O–H groups in total. The average Bonchev–Trinajstić information content (AvgIpc) is 3.69. The van der Waals surface area contributed by atoms with Crippen LogP contribution >= 0.6 is 11.3 Å². The number of aromatic nitrogens is 1. The van der Waals surface area contributed by atoms with Crippen LogP contribution in [0.1, 0.15) is 56.0 Å². The number of carbonyl (C=O) groups excluding carboxylic acids is 2. The van der Waals surface area contributed by atoms with Gasteiger partial charge in [0.05, 0.1) is 39.7 Å². The first-order valence-electron chi connectivity index (χ1n) is 14.5. The molecule has 3 heterocycles. The number of nitrogens with zero attached hydrogens (tertiary/aromatic N) is 3. The van der Waals surface area contributed by atoms with Gasteiger partial charge in [-0.15, -0.1) is 11.3 Å². The number of carbonyl (C=O) groups is 2. The zero-order chi connectivity index (χ0) is 30.8. The highest BCUT2D eigenvalue weighted by molar-refractivity contribution is 7.91. The van der Waals surface area contributed by atoms with Crippen molar-refractivity contribution < 1.29 is 18.0 Å². The van der Waals surface area contributed by atoms with Crippen LogP contribution in [0.3, 0.4) is 0 Å². The lowest BCUT2D eigenvalue weighted by atomic mass is 10.1. The van der Waals surface area contributed by atoms with Crippen LogP contribution in [0.2, 0.25) is 0 Å². The first-order valence-corrected chi connectivity index (χ1v) is 16.8. The van der Waals surface area contributed by atoms with E-state index in [1.807, 2.05) is 0 Å². The van der Waals surface area contributed by atoms with E-state index in [4.69, 9.17) is 0 Å². The molecule has 1 fully saturated rings. The van der Waals surface area contributed by atoms with Crippen molar-refractivity contribution in [1.29, 1.82) is 5.26 Å². The minimum Gasteiger partial charge on any atom is -0.347 e. The Morgan fingerprint density at radius 1 is 1.14 bits per heavy atom. The highest BCUT2D eigenvalue weighted by Gasteiger charge is 2.33. The molecule has 3 aromatic carbocycles. The molecule has 2 amide bonds. The third-order valence-corrected chi connectivity index (χ3v) is 11.1. The lowest BCUT2D eigenvalue weighted by molar-refractivity contribution is 0.0949. The van der Waals surface area contributed by atoms with Gasteiger partial charge < -0.3 is 10.6 Å². The second-order valence-corrected chi connectivity index (χ2v) is 14.0. The summed E-state index contributed by atoms with van der Waals surface area (Å²) in [4.78, 5) is 33.6. The first kappa shape index (κ1) is 29.7. The summed E-state index contributed by atoms with van der Waals surface area (Å²) in [5.41, 5.74) is 3.08. The number of nitriles is 1. The number of nitrogens with one attached hydrogen (secondary N) is 2. The molecule has 44 heavy (non-hydrogen) atoms. The lowest BCUT2D eigenvalue weighted by Crippen LogP contribution is -2.29. The maximum Gasteiger partial charge on any atom is 0.257 e. The van der Waals surface area contributed by atoms with Gasteiger partial charge in [0, 0.05) is 22.2 Å². The van der Waals surface area contributed by atoms with Crippen molar-refractivity contribution in [2.45, 2.75) is 55.0 Å². The maximum absolute atomic E-state index is 13.4. The van der Waals surface area contributed by atoms with Crippen LogP contribution in [0.15, 0.2) is 76.7 Å². The van der Waals surface area contributed by atoms with Gasteiger partial charge in [0.15, 0.2) is 0 Å². The Labute approximate surface area is 260 Å². The van der Waals surface area contributed by atoms with E-state index in [-0.39, 0.29) is 45.1 Å². The van der Waals surface area contributed by atoms with Crippen LogP contribution in [-0.4, -0.2) is 49.2 Å². The molecule has 11 heteroatoms. The molecule has 0 aliphatic carbocycles. The zero-order valence-electron chi connectivity index (χ0n) is 24.2. The van der Waals surface area contributed by atoms with Gasteiger partial charge in [-0.3, -0.25) is 14.5 Å². The van der Waals surface area contributed by atoms with E-state index in [1.165, 1.54) is 41.2 Å². The van der Waals surface area contributed by atoms with Gasteiger partial charge in [-0.25, -0.2) is 13.4 Å². The van der Waals surface area contributed by atoms with Crippen molar-refractivity contribution in [3.05, 3.63) is 94.0 Å². The summed E-state index contributed by atoms with van der Waals surface area (Å²) in [5, 5.41) is 15.7. The summed E-state index contributed by atoms with van der Waals surface area (Å²) >= 11 is 1.49. The van der Waals surface area contributed by atoms with Crippen molar-refractivity contribution in [2.24, 2.45) is 0 Å². The van der Waals surface area contributed by atoms with Gasteiger partial charge in [-0.05, 0) is 81.1 Å². The number of rotatable bonds is 8. The van der Waals surface area contributed by atoms with E-state index in [2.05, 4.69) is 50.9 Å².